The number of imidazole rings is 1. The van der Waals surface area contributed by atoms with Crippen LogP contribution in [0, 0.1) is 11.7 Å². The fourth-order valence-corrected chi connectivity index (χ4v) is 3.67. The largest absolute Gasteiger partial charge is 0.340 e. The first-order chi connectivity index (χ1) is 12.6. The maximum Gasteiger partial charge on any atom is 0.124 e. The van der Waals surface area contributed by atoms with Crippen LogP contribution in [0.2, 0.25) is 0 Å². The number of rotatable bonds is 3. The smallest absolute Gasteiger partial charge is 0.124 e. The number of hydrogen-bond acceptors (Lipinski definition) is 3. The molecule has 1 aromatic carbocycles. The Bertz CT molecular complexity index is 873. The van der Waals surface area contributed by atoms with E-state index in [-0.39, 0.29) is 11.9 Å². The summed E-state index contributed by atoms with van der Waals surface area (Å²) in [6, 6.07) is 10.7. The number of halogens is 1. The van der Waals surface area contributed by atoms with E-state index in [2.05, 4.69) is 28.8 Å². The number of aromatic amines is 1. The number of H-pyrrole nitrogens is 1. The van der Waals surface area contributed by atoms with Gasteiger partial charge in [-0.1, -0.05) is 6.92 Å². The molecular weight excluding hydrogens is 327 g/mol. The maximum absolute atomic E-state index is 13.4. The molecule has 1 aliphatic heterocycles. The number of pyridine rings is 1. The average molecular weight is 350 g/mol. The third-order valence-electron chi connectivity index (χ3n) is 5.26. The van der Waals surface area contributed by atoms with Crippen molar-refractivity contribution >= 4 is 0 Å². The maximum atomic E-state index is 13.4. The molecule has 1 fully saturated rings. The van der Waals surface area contributed by atoms with E-state index in [0.717, 1.165) is 41.3 Å². The van der Waals surface area contributed by atoms with Crippen LogP contribution >= 0.6 is 0 Å². The van der Waals surface area contributed by atoms with Crippen molar-refractivity contribution < 1.29 is 4.39 Å². The molecule has 1 saturated heterocycles. The first-order valence-electron chi connectivity index (χ1n) is 9.08. The summed E-state index contributed by atoms with van der Waals surface area (Å²) in [5, 5.41) is 0. The van der Waals surface area contributed by atoms with Crippen molar-refractivity contribution in [1.82, 2.24) is 19.9 Å². The predicted octanol–water partition coefficient (Wildman–Crippen LogP) is 4.68. The lowest BCUT2D eigenvalue weighted by atomic mass is 9.92. The van der Waals surface area contributed by atoms with Crippen LogP contribution < -0.4 is 0 Å². The molecule has 0 radical (unpaired) electrons. The van der Waals surface area contributed by atoms with Gasteiger partial charge in [0.25, 0.3) is 0 Å². The standard InChI is InChI=1S/C21H23FN4/c1-14-9-12-26(2)18(13-14)21-24-19(15-3-5-17(22)6-4-15)20(25-21)16-7-10-23-11-8-16/h3-8,10-11,14,18H,9,12-13H2,1-2H3,(H,24,25). The second kappa shape index (κ2) is 7.00. The van der Waals surface area contributed by atoms with Crippen LogP contribution in [0.4, 0.5) is 4.39 Å². The van der Waals surface area contributed by atoms with Crippen molar-refractivity contribution in [2.24, 2.45) is 5.92 Å². The number of piperidine rings is 1. The van der Waals surface area contributed by atoms with Crippen molar-refractivity contribution in [3.05, 3.63) is 60.4 Å². The number of benzene rings is 1. The molecule has 5 heteroatoms. The lowest BCUT2D eigenvalue weighted by molar-refractivity contribution is 0.144. The minimum Gasteiger partial charge on any atom is -0.340 e. The average Bonchev–Trinajstić information content (AvgIpc) is 3.10. The molecule has 0 aliphatic carbocycles. The molecule has 0 saturated carbocycles. The van der Waals surface area contributed by atoms with Gasteiger partial charge in [0.1, 0.15) is 11.6 Å². The van der Waals surface area contributed by atoms with Gasteiger partial charge in [0.05, 0.1) is 17.4 Å². The van der Waals surface area contributed by atoms with Crippen LogP contribution in [-0.2, 0) is 0 Å². The monoisotopic (exact) mass is 350 g/mol. The van der Waals surface area contributed by atoms with Crippen LogP contribution in [0.15, 0.2) is 48.8 Å². The Balaban J connectivity index is 1.81. The Morgan fingerprint density at radius 2 is 1.81 bits per heavy atom. The van der Waals surface area contributed by atoms with E-state index >= 15 is 0 Å². The minimum absolute atomic E-state index is 0.240. The van der Waals surface area contributed by atoms with Crippen molar-refractivity contribution in [2.75, 3.05) is 13.6 Å². The summed E-state index contributed by atoms with van der Waals surface area (Å²) in [5.74, 6) is 1.42. The van der Waals surface area contributed by atoms with Gasteiger partial charge in [-0.05, 0) is 68.8 Å². The van der Waals surface area contributed by atoms with E-state index in [1.165, 1.54) is 18.6 Å². The molecule has 4 rings (SSSR count). The highest BCUT2D eigenvalue weighted by atomic mass is 19.1. The Morgan fingerprint density at radius 1 is 1.08 bits per heavy atom. The van der Waals surface area contributed by atoms with Crippen LogP contribution in [0.3, 0.4) is 0 Å². The molecule has 0 spiro atoms. The summed E-state index contributed by atoms with van der Waals surface area (Å²) in [4.78, 5) is 15.0. The quantitative estimate of drug-likeness (QED) is 0.746. The number of likely N-dealkylation sites (tertiary alicyclic amines) is 1. The van der Waals surface area contributed by atoms with Crippen molar-refractivity contribution in [1.29, 1.82) is 0 Å². The van der Waals surface area contributed by atoms with Gasteiger partial charge in [-0.2, -0.15) is 0 Å². The molecule has 26 heavy (non-hydrogen) atoms. The van der Waals surface area contributed by atoms with E-state index in [1.54, 1.807) is 24.5 Å². The van der Waals surface area contributed by atoms with Crippen molar-refractivity contribution in [2.45, 2.75) is 25.8 Å². The Labute approximate surface area is 153 Å². The molecule has 2 atom stereocenters. The fourth-order valence-electron chi connectivity index (χ4n) is 3.67. The van der Waals surface area contributed by atoms with Crippen molar-refractivity contribution in [3.63, 3.8) is 0 Å². The Hall–Kier alpha value is -2.53. The summed E-state index contributed by atoms with van der Waals surface area (Å²) < 4.78 is 13.4. The zero-order chi connectivity index (χ0) is 18.1. The molecule has 3 aromatic rings. The van der Waals surface area contributed by atoms with Crippen LogP contribution in [-0.4, -0.2) is 33.4 Å². The molecule has 2 unspecified atom stereocenters. The molecule has 0 amide bonds. The van der Waals surface area contributed by atoms with E-state index in [0.29, 0.717) is 5.92 Å². The Morgan fingerprint density at radius 3 is 2.54 bits per heavy atom. The first-order valence-corrected chi connectivity index (χ1v) is 9.08. The first kappa shape index (κ1) is 16.9. The molecule has 134 valence electrons. The summed E-state index contributed by atoms with van der Waals surface area (Å²) in [5.41, 5.74) is 3.76. The molecule has 3 heterocycles. The minimum atomic E-state index is -0.240. The lowest BCUT2D eigenvalue weighted by Gasteiger charge is -2.34. The fraction of sp³-hybridized carbons (Fsp3) is 0.333. The van der Waals surface area contributed by atoms with Gasteiger partial charge in [0, 0.05) is 23.5 Å². The van der Waals surface area contributed by atoms with Gasteiger partial charge >= 0.3 is 0 Å². The number of aromatic nitrogens is 3. The van der Waals surface area contributed by atoms with Gasteiger partial charge < -0.3 is 4.98 Å². The zero-order valence-electron chi connectivity index (χ0n) is 15.1. The summed E-state index contributed by atoms with van der Waals surface area (Å²) in [6.45, 7) is 3.37. The second-order valence-corrected chi connectivity index (χ2v) is 7.21. The number of nitrogens with zero attached hydrogens (tertiary/aromatic N) is 3. The molecule has 1 N–H and O–H groups in total. The number of nitrogens with one attached hydrogen (secondary N) is 1. The highest BCUT2D eigenvalue weighted by Crippen LogP contribution is 2.36. The van der Waals surface area contributed by atoms with E-state index in [1.807, 2.05) is 12.1 Å². The molecule has 4 nitrogen and oxygen atoms in total. The van der Waals surface area contributed by atoms with E-state index in [4.69, 9.17) is 4.98 Å². The van der Waals surface area contributed by atoms with Gasteiger partial charge in [-0.25, -0.2) is 9.37 Å². The van der Waals surface area contributed by atoms with Gasteiger partial charge in [0.15, 0.2) is 0 Å². The van der Waals surface area contributed by atoms with Crippen LogP contribution in [0.5, 0.6) is 0 Å². The molecular formula is C21H23FN4. The highest BCUT2D eigenvalue weighted by molar-refractivity contribution is 5.78. The summed E-state index contributed by atoms with van der Waals surface area (Å²) in [7, 11) is 2.16. The third kappa shape index (κ3) is 3.27. The topological polar surface area (TPSA) is 44.8 Å². The highest BCUT2D eigenvalue weighted by Gasteiger charge is 2.28. The number of hydrogen-bond donors (Lipinski definition) is 1. The lowest BCUT2D eigenvalue weighted by Crippen LogP contribution is -2.33. The second-order valence-electron chi connectivity index (χ2n) is 7.21. The Kier molecular flexibility index (Phi) is 4.55. The SMILES string of the molecule is CC1CCN(C)C(c2nc(-c3ccc(F)cc3)c(-c3ccncc3)[nH]2)C1. The molecule has 2 aromatic heterocycles. The van der Waals surface area contributed by atoms with Gasteiger partial charge in [-0.15, -0.1) is 0 Å². The van der Waals surface area contributed by atoms with Crippen LogP contribution in [0.1, 0.15) is 31.6 Å². The van der Waals surface area contributed by atoms with E-state index < -0.39 is 0 Å². The van der Waals surface area contributed by atoms with Gasteiger partial charge in [0.2, 0.25) is 0 Å². The van der Waals surface area contributed by atoms with E-state index in [9.17, 15) is 4.39 Å². The summed E-state index contributed by atoms with van der Waals surface area (Å²) >= 11 is 0. The normalized spacial score (nSPS) is 21.0. The molecule has 1 aliphatic rings. The van der Waals surface area contributed by atoms with Crippen molar-refractivity contribution in [3.8, 4) is 22.5 Å². The molecule has 0 bridgehead atoms. The van der Waals surface area contributed by atoms with Gasteiger partial charge in [-0.3, -0.25) is 9.88 Å². The third-order valence-corrected chi connectivity index (χ3v) is 5.26. The predicted molar refractivity (Wildman–Crippen MR) is 101 cm³/mol. The summed E-state index contributed by atoms with van der Waals surface area (Å²) in [6.07, 6.45) is 5.86. The van der Waals surface area contributed by atoms with Crippen LogP contribution in [0.25, 0.3) is 22.5 Å². The zero-order valence-corrected chi connectivity index (χ0v) is 15.1.